The van der Waals surface area contributed by atoms with Crippen molar-refractivity contribution in [3.63, 3.8) is 0 Å². The van der Waals surface area contributed by atoms with Crippen molar-refractivity contribution in [2.24, 2.45) is 0 Å². The molecule has 0 spiro atoms. The Morgan fingerprint density at radius 2 is 1.70 bits per heavy atom. The predicted molar refractivity (Wildman–Crippen MR) is 169 cm³/mol. The molecule has 9 nitrogen and oxygen atoms in total. The zero-order valence-corrected chi connectivity index (χ0v) is 25.6. The van der Waals surface area contributed by atoms with Crippen molar-refractivity contribution in [2.75, 3.05) is 32.1 Å². The van der Waals surface area contributed by atoms with Crippen LogP contribution >= 0.6 is 0 Å². The molecular formula is C35H37N5O4. The highest BCUT2D eigenvalue weighted by atomic mass is 16.5. The molecule has 1 aromatic heterocycles. The Morgan fingerprint density at radius 3 is 2.32 bits per heavy atom. The number of hydrogen-bond donors (Lipinski definition) is 1. The lowest BCUT2D eigenvalue weighted by molar-refractivity contribution is 0.0522. The van der Waals surface area contributed by atoms with E-state index in [1.165, 1.54) is 11.8 Å². The second kappa shape index (κ2) is 14.0. The van der Waals surface area contributed by atoms with Crippen molar-refractivity contribution in [1.29, 1.82) is 5.26 Å². The summed E-state index contributed by atoms with van der Waals surface area (Å²) in [6, 6.07) is 22.0. The molecule has 0 radical (unpaired) electrons. The first kappa shape index (κ1) is 30.5. The number of hydrogen-bond acceptors (Lipinski definition) is 9. The van der Waals surface area contributed by atoms with Gasteiger partial charge in [0.05, 0.1) is 31.5 Å². The minimum atomic E-state index is -0.537. The van der Waals surface area contributed by atoms with Crippen LogP contribution in [0.1, 0.15) is 52.4 Å². The predicted octanol–water partition coefficient (Wildman–Crippen LogP) is 6.69. The highest BCUT2D eigenvalue weighted by molar-refractivity contribution is 5.91. The number of nitrogens with one attached hydrogen (secondary N) is 1. The molecule has 4 aromatic rings. The Morgan fingerprint density at radius 1 is 1.02 bits per heavy atom. The lowest BCUT2D eigenvalue weighted by Crippen LogP contribution is -2.39. The third-order valence-corrected chi connectivity index (χ3v) is 7.74. The van der Waals surface area contributed by atoms with Crippen molar-refractivity contribution < 1.29 is 19.0 Å². The van der Waals surface area contributed by atoms with Gasteiger partial charge in [0, 0.05) is 25.7 Å². The molecule has 3 aromatic carbocycles. The maximum atomic E-state index is 12.8. The van der Waals surface area contributed by atoms with Gasteiger partial charge in [-0.05, 0) is 97.8 Å². The first-order valence-electron chi connectivity index (χ1n) is 14.8. The molecular weight excluding hydrogens is 554 g/mol. The summed E-state index contributed by atoms with van der Waals surface area (Å²) in [5.41, 5.74) is 5.81. The number of nitriles is 1. The van der Waals surface area contributed by atoms with E-state index in [2.05, 4.69) is 38.4 Å². The number of aryl methyl sites for hydroxylation is 2. The van der Waals surface area contributed by atoms with E-state index in [-0.39, 0.29) is 24.1 Å². The Kier molecular flexibility index (Phi) is 9.72. The summed E-state index contributed by atoms with van der Waals surface area (Å²) in [6.45, 7) is 8.67. The summed E-state index contributed by atoms with van der Waals surface area (Å²) in [5.74, 6) is 1.50. The average Bonchev–Trinajstić information content (AvgIpc) is 3.04. The minimum absolute atomic E-state index is 0.148. The SMILES string of the molecule is CCOC(=O)c1cnc(NC2CCN(Cc3ccc(OC)cc3)CC2)nc1Oc1c(C)cc(-c2ccc(C#N)cc2)cc1C. The number of carbonyl (C=O) groups excluding carboxylic acids is 1. The number of anilines is 1. The Labute approximate surface area is 258 Å². The zero-order valence-electron chi connectivity index (χ0n) is 25.6. The Balaban J connectivity index is 1.30. The van der Waals surface area contributed by atoms with E-state index in [1.54, 1.807) is 26.2 Å². The number of esters is 1. The van der Waals surface area contributed by atoms with Gasteiger partial charge in [0.15, 0.2) is 0 Å². The normalized spacial score (nSPS) is 13.6. The molecule has 0 unspecified atom stereocenters. The van der Waals surface area contributed by atoms with E-state index in [0.717, 1.165) is 60.5 Å². The van der Waals surface area contributed by atoms with Crippen LogP contribution in [-0.4, -0.2) is 53.7 Å². The molecule has 0 amide bonds. The first-order valence-corrected chi connectivity index (χ1v) is 14.8. The molecule has 0 aliphatic carbocycles. The van der Waals surface area contributed by atoms with Crippen LogP contribution in [0.5, 0.6) is 17.4 Å². The maximum Gasteiger partial charge on any atom is 0.345 e. The van der Waals surface area contributed by atoms with Gasteiger partial charge in [-0.15, -0.1) is 0 Å². The number of carbonyl (C=O) groups is 1. The van der Waals surface area contributed by atoms with E-state index in [4.69, 9.17) is 19.5 Å². The standard InChI is InChI=1S/C35H37N5O4/c1-5-43-34(41)31-21-37-35(38-29-14-16-40(17-15-29)22-26-8-12-30(42-4)13-9-26)39-33(31)44-32-23(2)18-28(19-24(32)3)27-10-6-25(20-36)7-11-27/h6-13,18-19,21,29H,5,14-17,22H2,1-4H3,(H,37,38,39). The number of ether oxygens (including phenoxy) is 3. The fraction of sp³-hybridized carbons (Fsp3) is 0.314. The van der Waals surface area contributed by atoms with Crippen molar-refractivity contribution in [3.05, 3.63) is 94.7 Å². The third kappa shape index (κ3) is 7.33. The van der Waals surface area contributed by atoms with E-state index >= 15 is 0 Å². The maximum absolute atomic E-state index is 12.8. The minimum Gasteiger partial charge on any atom is -0.497 e. The zero-order chi connectivity index (χ0) is 31.1. The van der Waals surface area contributed by atoms with Crippen LogP contribution in [0.4, 0.5) is 5.95 Å². The van der Waals surface area contributed by atoms with E-state index in [0.29, 0.717) is 17.3 Å². The van der Waals surface area contributed by atoms with Crippen molar-refractivity contribution in [2.45, 2.75) is 46.2 Å². The number of likely N-dealkylation sites (tertiary alicyclic amines) is 1. The van der Waals surface area contributed by atoms with Gasteiger partial charge in [0.1, 0.15) is 17.1 Å². The van der Waals surface area contributed by atoms with Crippen LogP contribution in [0.25, 0.3) is 11.1 Å². The van der Waals surface area contributed by atoms with Crippen LogP contribution in [-0.2, 0) is 11.3 Å². The molecule has 2 heterocycles. The van der Waals surface area contributed by atoms with E-state index in [9.17, 15) is 4.79 Å². The van der Waals surface area contributed by atoms with Crippen molar-refractivity contribution in [3.8, 4) is 34.6 Å². The highest BCUT2D eigenvalue weighted by Crippen LogP contribution is 2.34. The molecule has 0 saturated carbocycles. The van der Waals surface area contributed by atoms with Gasteiger partial charge >= 0.3 is 5.97 Å². The molecule has 1 aliphatic heterocycles. The largest absolute Gasteiger partial charge is 0.497 e. The highest BCUT2D eigenvalue weighted by Gasteiger charge is 2.23. The molecule has 1 aliphatic rings. The van der Waals surface area contributed by atoms with Gasteiger partial charge in [0.2, 0.25) is 11.8 Å². The summed E-state index contributed by atoms with van der Waals surface area (Å²) in [6.07, 6.45) is 3.34. The van der Waals surface area contributed by atoms with Crippen LogP contribution in [0, 0.1) is 25.2 Å². The lowest BCUT2D eigenvalue weighted by atomic mass is 9.99. The van der Waals surface area contributed by atoms with Gasteiger partial charge in [-0.25, -0.2) is 9.78 Å². The van der Waals surface area contributed by atoms with Gasteiger partial charge in [-0.2, -0.15) is 10.2 Å². The molecule has 5 rings (SSSR count). The molecule has 0 bridgehead atoms. The molecule has 226 valence electrons. The van der Waals surface area contributed by atoms with Gasteiger partial charge < -0.3 is 19.5 Å². The quantitative estimate of drug-likeness (QED) is 0.202. The second-order valence-corrected chi connectivity index (χ2v) is 10.9. The average molecular weight is 592 g/mol. The summed E-state index contributed by atoms with van der Waals surface area (Å²) < 4.78 is 16.9. The van der Waals surface area contributed by atoms with E-state index in [1.807, 2.05) is 50.2 Å². The number of benzene rings is 3. The summed E-state index contributed by atoms with van der Waals surface area (Å²) in [7, 11) is 1.68. The van der Waals surface area contributed by atoms with Crippen LogP contribution in [0.15, 0.2) is 66.9 Å². The number of methoxy groups -OCH3 is 1. The first-order chi connectivity index (χ1) is 21.4. The van der Waals surface area contributed by atoms with Crippen molar-refractivity contribution >= 4 is 11.9 Å². The number of piperidine rings is 1. The number of aromatic nitrogens is 2. The summed E-state index contributed by atoms with van der Waals surface area (Å²) in [4.78, 5) is 24.3. The smallest absolute Gasteiger partial charge is 0.345 e. The fourth-order valence-electron chi connectivity index (χ4n) is 5.38. The van der Waals surface area contributed by atoms with Gasteiger partial charge in [-0.1, -0.05) is 24.3 Å². The molecule has 44 heavy (non-hydrogen) atoms. The van der Waals surface area contributed by atoms with Gasteiger partial charge in [0.25, 0.3) is 0 Å². The molecule has 1 N–H and O–H groups in total. The topological polar surface area (TPSA) is 110 Å². The Bertz CT molecular complexity index is 1620. The number of rotatable bonds is 10. The molecule has 0 atom stereocenters. The molecule has 9 heteroatoms. The van der Waals surface area contributed by atoms with Crippen molar-refractivity contribution in [1.82, 2.24) is 14.9 Å². The summed E-state index contributed by atoms with van der Waals surface area (Å²) in [5, 5.41) is 12.6. The Hall–Kier alpha value is -4.94. The fourth-order valence-corrected chi connectivity index (χ4v) is 5.38. The van der Waals surface area contributed by atoms with Crippen LogP contribution in [0.2, 0.25) is 0 Å². The van der Waals surface area contributed by atoms with Crippen LogP contribution < -0.4 is 14.8 Å². The third-order valence-electron chi connectivity index (χ3n) is 7.74. The molecule has 1 saturated heterocycles. The molecule has 1 fully saturated rings. The van der Waals surface area contributed by atoms with E-state index < -0.39 is 5.97 Å². The van der Waals surface area contributed by atoms with Crippen LogP contribution in [0.3, 0.4) is 0 Å². The summed E-state index contributed by atoms with van der Waals surface area (Å²) >= 11 is 0. The lowest BCUT2D eigenvalue weighted by Gasteiger charge is -2.32. The second-order valence-electron chi connectivity index (χ2n) is 10.9. The number of nitrogens with zero attached hydrogens (tertiary/aromatic N) is 4. The monoisotopic (exact) mass is 591 g/mol. The van der Waals surface area contributed by atoms with Gasteiger partial charge in [-0.3, -0.25) is 4.90 Å².